The van der Waals surface area contributed by atoms with Crippen molar-refractivity contribution in [2.75, 3.05) is 12.4 Å². The third-order valence-corrected chi connectivity index (χ3v) is 6.31. The fourth-order valence-electron chi connectivity index (χ4n) is 5.26. The van der Waals surface area contributed by atoms with Crippen molar-refractivity contribution < 1.29 is 28.2 Å². The maximum Gasteiger partial charge on any atom is 0.387 e. The predicted octanol–water partition coefficient (Wildman–Crippen LogP) is 6.48. The van der Waals surface area contributed by atoms with E-state index in [9.17, 15) is 18.7 Å². The number of carbonyl (C=O) groups is 1. The second-order valence-electron chi connectivity index (χ2n) is 9.75. The molecule has 0 amide bonds. The summed E-state index contributed by atoms with van der Waals surface area (Å²) in [4.78, 5) is 16.5. The van der Waals surface area contributed by atoms with Gasteiger partial charge in [-0.1, -0.05) is 20.8 Å². The molecule has 34 heavy (non-hydrogen) atoms. The zero-order valence-electron chi connectivity index (χ0n) is 19.6. The minimum absolute atomic E-state index is 0.0389. The maximum absolute atomic E-state index is 12.5. The Morgan fingerprint density at radius 1 is 1.24 bits per heavy atom. The molecule has 0 saturated heterocycles. The second-order valence-corrected chi connectivity index (χ2v) is 9.75. The first-order valence-corrected chi connectivity index (χ1v) is 11.2. The number of carboxylic acid groups (broad SMARTS) is 1. The first-order valence-electron chi connectivity index (χ1n) is 11.2. The van der Waals surface area contributed by atoms with Gasteiger partial charge in [0.15, 0.2) is 0 Å². The summed E-state index contributed by atoms with van der Waals surface area (Å²) in [5.41, 5.74) is 2.13. The Labute approximate surface area is 196 Å². The van der Waals surface area contributed by atoms with Gasteiger partial charge in [0, 0.05) is 17.8 Å². The fraction of sp³-hybridized carbons (Fsp3) is 0.440. The highest BCUT2D eigenvalue weighted by atomic mass is 19.3. The Balaban J connectivity index is 1.81. The molecule has 7 nitrogen and oxygen atoms in total. The van der Waals surface area contributed by atoms with Gasteiger partial charge < -0.3 is 24.5 Å². The number of halogens is 2. The number of aromatic carboxylic acids is 1. The third-order valence-electron chi connectivity index (χ3n) is 6.31. The largest absolute Gasteiger partial charge is 0.496 e. The van der Waals surface area contributed by atoms with Gasteiger partial charge in [0.25, 0.3) is 0 Å². The van der Waals surface area contributed by atoms with Crippen LogP contribution in [0, 0.1) is 11.3 Å². The van der Waals surface area contributed by atoms with Crippen molar-refractivity contribution in [2.24, 2.45) is 11.3 Å². The lowest BCUT2D eigenvalue weighted by molar-refractivity contribution is -0.0498. The number of alkyl halides is 2. The molecule has 0 bridgehead atoms. The summed E-state index contributed by atoms with van der Waals surface area (Å²) in [6.45, 7) is 3.86. The van der Waals surface area contributed by atoms with E-state index < -0.39 is 12.6 Å². The molecule has 2 atom stereocenters. The van der Waals surface area contributed by atoms with Gasteiger partial charge in [-0.25, -0.2) is 9.78 Å². The summed E-state index contributed by atoms with van der Waals surface area (Å²) >= 11 is 0. The number of anilines is 2. The highest BCUT2D eigenvalue weighted by Crippen LogP contribution is 2.46. The summed E-state index contributed by atoms with van der Waals surface area (Å²) in [6, 6.07) is 9.57. The standard InChI is InChI=1S/C25H29F2N3O4/c1-14-9-16(13-25(2,3)12-14)30-20-11-21(33-4)18(22(31)32)10-19(20)29-24(30)28-15-5-7-17(8-6-15)34-23(26)27/h5-8,10-11,14,16,23H,9,12-13H2,1-4H3,(H,28,29)(H,31,32)/t14-,16+/m0/s1. The molecule has 1 saturated carbocycles. The molecule has 4 rings (SSSR count). The zero-order chi connectivity index (χ0) is 24.6. The van der Waals surface area contributed by atoms with Crippen molar-refractivity contribution in [2.45, 2.75) is 52.7 Å². The van der Waals surface area contributed by atoms with Crippen LogP contribution in [0.2, 0.25) is 0 Å². The molecule has 2 N–H and O–H groups in total. The van der Waals surface area contributed by atoms with Gasteiger partial charge in [-0.05, 0) is 60.9 Å². The van der Waals surface area contributed by atoms with Crippen molar-refractivity contribution in [1.82, 2.24) is 9.55 Å². The summed E-state index contributed by atoms with van der Waals surface area (Å²) in [5.74, 6) is 0.295. The zero-order valence-corrected chi connectivity index (χ0v) is 19.6. The van der Waals surface area contributed by atoms with Gasteiger partial charge in [-0.2, -0.15) is 8.78 Å². The lowest BCUT2D eigenvalue weighted by atomic mass is 9.70. The molecule has 0 aliphatic heterocycles. The SMILES string of the molecule is COc1cc2c(cc1C(=O)O)nc(Nc1ccc(OC(F)F)cc1)n2[C@@H]1C[C@H](C)CC(C)(C)C1. The first-order chi connectivity index (χ1) is 16.1. The van der Waals surface area contributed by atoms with E-state index in [1.165, 1.54) is 25.3 Å². The molecule has 182 valence electrons. The molecule has 0 spiro atoms. The van der Waals surface area contributed by atoms with Crippen LogP contribution >= 0.6 is 0 Å². The number of imidazole rings is 1. The van der Waals surface area contributed by atoms with Gasteiger partial charge in [0.05, 0.1) is 18.1 Å². The Morgan fingerprint density at radius 3 is 2.53 bits per heavy atom. The lowest BCUT2D eigenvalue weighted by Crippen LogP contribution is -2.29. The van der Waals surface area contributed by atoms with E-state index in [2.05, 4.69) is 35.4 Å². The van der Waals surface area contributed by atoms with Crippen LogP contribution in [0.3, 0.4) is 0 Å². The van der Waals surface area contributed by atoms with E-state index in [0.29, 0.717) is 23.1 Å². The Morgan fingerprint density at radius 2 is 1.94 bits per heavy atom. The van der Waals surface area contributed by atoms with Crippen molar-refractivity contribution in [1.29, 1.82) is 0 Å². The number of nitrogens with one attached hydrogen (secondary N) is 1. The van der Waals surface area contributed by atoms with Crippen LogP contribution in [0.4, 0.5) is 20.4 Å². The van der Waals surface area contributed by atoms with Crippen LogP contribution in [0.15, 0.2) is 36.4 Å². The van der Waals surface area contributed by atoms with Gasteiger partial charge in [0.2, 0.25) is 5.95 Å². The average Bonchev–Trinajstić information content (AvgIpc) is 3.09. The molecule has 0 unspecified atom stereocenters. The maximum atomic E-state index is 12.5. The topological polar surface area (TPSA) is 85.6 Å². The molecule has 1 aliphatic rings. The lowest BCUT2D eigenvalue weighted by Gasteiger charge is -2.40. The number of benzene rings is 2. The first kappa shape index (κ1) is 23.8. The minimum Gasteiger partial charge on any atom is -0.496 e. The summed E-state index contributed by atoms with van der Waals surface area (Å²) in [6.07, 6.45) is 3.01. The number of nitrogens with zero attached hydrogens (tertiary/aromatic N) is 2. The molecule has 1 heterocycles. The van der Waals surface area contributed by atoms with Crippen LogP contribution in [0.1, 0.15) is 56.4 Å². The number of rotatable bonds is 7. The number of carboxylic acids is 1. The molecule has 1 fully saturated rings. The molecular formula is C25H29F2N3O4. The van der Waals surface area contributed by atoms with Crippen molar-refractivity contribution >= 4 is 28.6 Å². The van der Waals surface area contributed by atoms with E-state index in [1.807, 2.05) is 0 Å². The van der Waals surface area contributed by atoms with E-state index in [0.717, 1.165) is 24.8 Å². The highest BCUT2D eigenvalue weighted by molar-refractivity contribution is 5.96. The van der Waals surface area contributed by atoms with Crippen molar-refractivity contribution in [3.63, 3.8) is 0 Å². The van der Waals surface area contributed by atoms with Crippen LogP contribution in [-0.4, -0.2) is 34.3 Å². The number of aromatic nitrogens is 2. The smallest absolute Gasteiger partial charge is 0.387 e. The van der Waals surface area contributed by atoms with Gasteiger partial charge >= 0.3 is 12.6 Å². The number of methoxy groups -OCH3 is 1. The summed E-state index contributed by atoms with van der Waals surface area (Å²) < 4.78 is 36.9. The van der Waals surface area contributed by atoms with Crippen LogP contribution < -0.4 is 14.8 Å². The Bertz CT molecular complexity index is 1190. The Kier molecular flexibility index (Phi) is 6.38. The highest BCUT2D eigenvalue weighted by Gasteiger charge is 2.35. The quantitative estimate of drug-likeness (QED) is 0.409. The number of ether oxygens (including phenoxy) is 2. The monoisotopic (exact) mass is 473 g/mol. The van der Waals surface area contributed by atoms with E-state index >= 15 is 0 Å². The number of fused-ring (bicyclic) bond motifs is 1. The number of hydrogen-bond acceptors (Lipinski definition) is 5. The molecule has 0 radical (unpaired) electrons. The molecule has 1 aromatic heterocycles. The van der Waals surface area contributed by atoms with Crippen molar-refractivity contribution in [3.8, 4) is 11.5 Å². The van der Waals surface area contributed by atoms with Gasteiger partial charge in [-0.15, -0.1) is 0 Å². The molecule has 3 aromatic rings. The fourth-order valence-corrected chi connectivity index (χ4v) is 5.26. The third kappa shape index (κ3) is 4.93. The molecule has 2 aromatic carbocycles. The van der Waals surface area contributed by atoms with E-state index in [-0.39, 0.29) is 28.5 Å². The predicted molar refractivity (Wildman–Crippen MR) is 125 cm³/mol. The minimum atomic E-state index is -2.89. The van der Waals surface area contributed by atoms with E-state index in [1.54, 1.807) is 18.2 Å². The van der Waals surface area contributed by atoms with E-state index in [4.69, 9.17) is 9.72 Å². The average molecular weight is 474 g/mol. The normalized spacial score (nSPS) is 19.9. The molecular weight excluding hydrogens is 444 g/mol. The second kappa shape index (κ2) is 9.12. The van der Waals surface area contributed by atoms with Crippen molar-refractivity contribution in [3.05, 3.63) is 42.0 Å². The Hall–Kier alpha value is -3.36. The van der Waals surface area contributed by atoms with Crippen LogP contribution in [0.25, 0.3) is 11.0 Å². The van der Waals surface area contributed by atoms with Gasteiger partial charge in [0.1, 0.15) is 17.1 Å². The molecule has 1 aliphatic carbocycles. The summed E-state index contributed by atoms with van der Waals surface area (Å²) in [5, 5.41) is 12.9. The van der Waals surface area contributed by atoms with Gasteiger partial charge in [-0.3, -0.25) is 0 Å². The number of hydrogen-bond donors (Lipinski definition) is 2. The summed E-state index contributed by atoms with van der Waals surface area (Å²) in [7, 11) is 1.45. The molecule has 9 heteroatoms. The van der Waals surface area contributed by atoms with Crippen LogP contribution in [-0.2, 0) is 0 Å². The van der Waals surface area contributed by atoms with Crippen LogP contribution in [0.5, 0.6) is 11.5 Å².